The van der Waals surface area contributed by atoms with Gasteiger partial charge in [-0.2, -0.15) is 0 Å². The summed E-state index contributed by atoms with van der Waals surface area (Å²) in [6.07, 6.45) is 1.70. The molecule has 0 saturated carbocycles. The van der Waals surface area contributed by atoms with Gasteiger partial charge in [0, 0.05) is 0 Å². The molecule has 6 heteroatoms. The molecule has 0 radical (unpaired) electrons. The Morgan fingerprint density at radius 3 is 2.65 bits per heavy atom. The lowest BCUT2D eigenvalue weighted by atomic mass is 10.2. The Morgan fingerprint density at radius 2 is 2.00 bits per heavy atom. The number of nitrogen functional groups attached to an aromatic ring is 1. The Morgan fingerprint density at radius 1 is 1.25 bits per heavy atom. The van der Waals surface area contributed by atoms with Gasteiger partial charge in [-0.05, 0) is 18.6 Å². The molecule has 0 aliphatic heterocycles. The molecule has 0 saturated heterocycles. The van der Waals surface area contributed by atoms with E-state index in [9.17, 15) is 9.59 Å². The molecule has 0 aliphatic rings. The van der Waals surface area contributed by atoms with Gasteiger partial charge in [0.1, 0.15) is 5.56 Å². The minimum absolute atomic E-state index is 0.175. The summed E-state index contributed by atoms with van der Waals surface area (Å²) in [5.74, 6) is -1.02. The average Bonchev–Trinajstić information content (AvgIpc) is 2.44. The molecule has 1 rings (SSSR count). The van der Waals surface area contributed by atoms with E-state index in [-0.39, 0.29) is 11.3 Å². The Kier molecular flexibility index (Phi) is 6.36. The maximum absolute atomic E-state index is 11.8. The van der Waals surface area contributed by atoms with Crippen molar-refractivity contribution in [2.75, 3.05) is 26.1 Å². The van der Waals surface area contributed by atoms with Crippen molar-refractivity contribution in [1.82, 2.24) is 0 Å². The summed E-state index contributed by atoms with van der Waals surface area (Å²) >= 11 is 0. The van der Waals surface area contributed by atoms with Gasteiger partial charge in [0.2, 0.25) is 0 Å². The van der Waals surface area contributed by atoms with Gasteiger partial charge in [0.25, 0.3) is 0 Å². The van der Waals surface area contributed by atoms with Gasteiger partial charge >= 0.3 is 11.9 Å². The fourth-order valence-electron chi connectivity index (χ4n) is 1.52. The molecule has 1 aromatic carbocycles. The van der Waals surface area contributed by atoms with Gasteiger partial charge < -0.3 is 19.9 Å². The van der Waals surface area contributed by atoms with Crippen LogP contribution in [0.4, 0.5) is 5.69 Å². The van der Waals surface area contributed by atoms with Gasteiger partial charge in [-0.1, -0.05) is 19.4 Å². The first-order chi connectivity index (χ1) is 9.60. The highest BCUT2D eigenvalue weighted by Crippen LogP contribution is 2.26. The molecule has 1 aromatic rings. The Hall–Kier alpha value is -2.24. The average molecular weight is 281 g/mol. The molecule has 2 N–H and O–H groups in total. The van der Waals surface area contributed by atoms with Crippen LogP contribution in [-0.4, -0.2) is 32.3 Å². The highest BCUT2D eigenvalue weighted by Gasteiger charge is 2.17. The number of ether oxygens (including phenoxy) is 3. The maximum atomic E-state index is 11.8. The van der Waals surface area contributed by atoms with Crippen LogP contribution < -0.4 is 10.5 Å². The number of benzene rings is 1. The second-order valence-corrected chi connectivity index (χ2v) is 4.08. The van der Waals surface area contributed by atoms with Crippen molar-refractivity contribution >= 4 is 17.6 Å². The predicted molar refractivity (Wildman–Crippen MR) is 73.6 cm³/mol. The number of anilines is 1. The molecular formula is C14H19NO5. The van der Waals surface area contributed by atoms with Crippen molar-refractivity contribution in [2.24, 2.45) is 0 Å². The monoisotopic (exact) mass is 281 g/mol. The number of hydrogen-bond donors (Lipinski definition) is 1. The first kappa shape index (κ1) is 15.8. The Bertz CT molecular complexity index is 473. The van der Waals surface area contributed by atoms with Crippen LogP contribution >= 0.6 is 0 Å². The number of esters is 2. The quantitative estimate of drug-likeness (QED) is 0.465. The summed E-state index contributed by atoms with van der Waals surface area (Å²) in [5, 5.41) is 0. The van der Waals surface area contributed by atoms with Crippen LogP contribution in [0.25, 0.3) is 0 Å². The zero-order valence-electron chi connectivity index (χ0n) is 11.7. The van der Waals surface area contributed by atoms with Crippen LogP contribution in [0.2, 0.25) is 0 Å². The van der Waals surface area contributed by atoms with Crippen molar-refractivity contribution in [3.63, 3.8) is 0 Å². The van der Waals surface area contributed by atoms with Gasteiger partial charge in [-0.25, -0.2) is 9.59 Å². The highest BCUT2D eigenvalue weighted by atomic mass is 16.6. The van der Waals surface area contributed by atoms with Crippen molar-refractivity contribution in [3.05, 3.63) is 23.8 Å². The van der Waals surface area contributed by atoms with Crippen LogP contribution in [0.3, 0.4) is 0 Å². The van der Waals surface area contributed by atoms with E-state index in [0.717, 1.165) is 12.8 Å². The molecule has 20 heavy (non-hydrogen) atoms. The summed E-state index contributed by atoms with van der Waals surface area (Å²) in [5.41, 5.74) is 6.18. The number of methoxy groups -OCH3 is 1. The fraction of sp³-hybridized carbons (Fsp3) is 0.429. The van der Waals surface area contributed by atoms with Crippen molar-refractivity contribution in [3.8, 4) is 5.75 Å². The molecule has 0 spiro atoms. The summed E-state index contributed by atoms with van der Waals surface area (Å²) in [4.78, 5) is 23.2. The van der Waals surface area contributed by atoms with E-state index in [1.807, 2.05) is 6.92 Å². The van der Waals surface area contributed by atoms with E-state index in [1.54, 1.807) is 12.1 Å². The standard InChI is InChI=1S/C14H19NO5/c1-3-4-8-19-12(16)9-20-14(17)10-6-5-7-11(15)13(10)18-2/h5-7H,3-4,8-9,15H2,1-2H3. The minimum atomic E-state index is -0.679. The van der Waals surface area contributed by atoms with Crippen LogP contribution in [0.1, 0.15) is 30.1 Å². The third-order valence-corrected chi connectivity index (χ3v) is 2.55. The summed E-state index contributed by atoms with van der Waals surface area (Å²) in [6.45, 7) is 1.88. The van der Waals surface area contributed by atoms with Gasteiger partial charge in [-0.3, -0.25) is 0 Å². The smallest absolute Gasteiger partial charge is 0.344 e. The number of unbranched alkanes of at least 4 members (excludes halogenated alkanes) is 1. The van der Waals surface area contributed by atoms with E-state index in [1.165, 1.54) is 13.2 Å². The molecular weight excluding hydrogens is 262 g/mol. The minimum Gasteiger partial charge on any atom is -0.494 e. The first-order valence-electron chi connectivity index (χ1n) is 6.35. The van der Waals surface area contributed by atoms with Gasteiger partial charge in [0.05, 0.1) is 19.4 Å². The predicted octanol–water partition coefficient (Wildman–Crippen LogP) is 1.78. The first-order valence-corrected chi connectivity index (χ1v) is 6.35. The van der Waals surface area contributed by atoms with Crippen LogP contribution in [0.5, 0.6) is 5.75 Å². The van der Waals surface area contributed by atoms with Crippen molar-refractivity contribution < 1.29 is 23.8 Å². The van der Waals surface area contributed by atoms with Crippen molar-refractivity contribution in [2.45, 2.75) is 19.8 Å². The molecule has 0 heterocycles. The molecule has 0 atom stereocenters. The number of para-hydroxylation sites is 1. The van der Waals surface area contributed by atoms with Crippen LogP contribution in [0.15, 0.2) is 18.2 Å². The molecule has 0 aromatic heterocycles. The third-order valence-electron chi connectivity index (χ3n) is 2.55. The van der Waals surface area contributed by atoms with E-state index < -0.39 is 18.5 Å². The van der Waals surface area contributed by atoms with E-state index >= 15 is 0 Å². The second-order valence-electron chi connectivity index (χ2n) is 4.08. The topological polar surface area (TPSA) is 87.9 Å². The lowest BCUT2D eigenvalue weighted by molar-refractivity contribution is -0.147. The largest absolute Gasteiger partial charge is 0.494 e. The van der Waals surface area contributed by atoms with Crippen molar-refractivity contribution in [1.29, 1.82) is 0 Å². The lowest BCUT2D eigenvalue weighted by Crippen LogP contribution is -2.17. The molecule has 0 unspecified atom stereocenters. The van der Waals surface area contributed by atoms with Gasteiger partial charge in [0.15, 0.2) is 12.4 Å². The summed E-state index contributed by atoms with van der Waals surface area (Å²) in [7, 11) is 1.40. The Balaban J connectivity index is 2.55. The SMILES string of the molecule is CCCCOC(=O)COC(=O)c1cccc(N)c1OC. The molecule has 6 nitrogen and oxygen atoms in total. The van der Waals surface area contributed by atoms with E-state index in [2.05, 4.69) is 0 Å². The maximum Gasteiger partial charge on any atom is 0.344 e. The van der Waals surface area contributed by atoms with E-state index in [0.29, 0.717) is 12.3 Å². The second kappa shape index (κ2) is 8.04. The highest BCUT2D eigenvalue weighted by molar-refractivity contribution is 5.95. The lowest BCUT2D eigenvalue weighted by Gasteiger charge is -2.10. The summed E-state index contributed by atoms with van der Waals surface area (Å²) in [6, 6.07) is 4.72. The van der Waals surface area contributed by atoms with Gasteiger partial charge in [-0.15, -0.1) is 0 Å². The zero-order chi connectivity index (χ0) is 15.0. The molecule has 0 amide bonds. The number of hydrogen-bond acceptors (Lipinski definition) is 6. The molecule has 110 valence electrons. The molecule has 0 fully saturated rings. The van der Waals surface area contributed by atoms with Crippen LogP contribution in [0, 0.1) is 0 Å². The number of carbonyl (C=O) groups is 2. The number of rotatable bonds is 7. The van der Waals surface area contributed by atoms with Crippen LogP contribution in [-0.2, 0) is 14.3 Å². The summed E-state index contributed by atoms with van der Waals surface area (Å²) < 4.78 is 14.8. The number of nitrogens with two attached hydrogens (primary N) is 1. The third kappa shape index (κ3) is 4.46. The fourth-order valence-corrected chi connectivity index (χ4v) is 1.52. The zero-order valence-corrected chi connectivity index (χ0v) is 11.7. The van der Waals surface area contributed by atoms with E-state index in [4.69, 9.17) is 19.9 Å². The Labute approximate surface area is 117 Å². The normalized spacial score (nSPS) is 9.90. The molecule has 0 bridgehead atoms. The number of carbonyl (C=O) groups excluding carboxylic acids is 2. The molecule has 0 aliphatic carbocycles.